The van der Waals surface area contributed by atoms with Crippen molar-refractivity contribution in [3.05, 3.63) is 29.6 Å². The molecular formula is C14H19N3. The van der Waals surface area contributed by atoms with Gasteiger partial charge < -0.3 is 10.3 Å². The van der Waals surface area contributed by atoms with E-state index in [1.54, 1.807) is 0 Å². The second-order valence-corrected chi connectivity index (χ2v) is 4.87. The van der Waals surface area contributed by atoms with Gasteiger partial charge in [0.1, 0.15) is 5.82 Å². The second-order valence-electron chi connectivity index (χ2n) is 4.87. The van der Waals surface area contributed by atoms with E-state index < -0.39 is 0 Å². The highest BCUT2D eigenvalue weighted by atomic mass is 15.1. The molecule has 0 radical (unpaired) electrons. The van der Waals surface area contributed by atoms with Gasteiger partial charge in [-0.05, 0) is 37.5 Å². The maximum absolute atomic E-state index is 5.68. The summed E-state index contributed by atoms with van der Waals surface area (Å²) in [4.78, 5) is 4.82. The first kappa shape index (κ1) is 10.8. The van der Waals surface area contributed by atoms with Crippen LogP contribution in [-0.2, 0) is 13.1 Å². The molecule has 3 heteroatoms. The highest BCUT2D eigenvalue weighted by molar-refractivity contribution is 5.77. The average molecular weight is 229 g/mol. The van der Waals surface area contributed by atoms with Crippen LogP contribution in [0.5, 0.6) is 0 Å². The molecule has 0 spiro atoms. The molecule has 1 aromatic carbocycles. The van der Waals surface area contributed by atoms with E-state index in [-0.39, 0.29) is 0 Å². The quantitative estimate of drug-likeness (QED) is 0.879. The van der Waals surface area contributed by atoms with E-state index in [2.05, 4.69) is 29.7 Å². The molecule has 0 bridgehead atoms. The summed E-state index contributed by atoms with van der Waals surface area (Å²) in [5.41, 5.74) is 9.21. The molecule has 1 aliphatic carbocycles. The predicted molar refractivity (Wildman–Crippen MR) is 69.9 cm³/mol. The van der Waals surface area contributed by atoms with Gasteiger partial charge in [0.05, 0.1) is 11.0 Å². The van der Waals surface area contributed by atoms with E-state index in [0.29, 0.717) is 12.5 Å². The molecule has 0 aliphatic heterocycles. The fraction of sp³-hybridized carbons (Fsp3) is 0.500. The molecule has 3 rings (SSSR count). The van der Waals surface area contributed by atoms with Crippen LogP contribution < -0.4 is 5.73 Å². The van der Waals surface area contributed by atoms with Crippen LogP contribution in [0.15, 0.2) is 18.2 Å². The molecular weight excluding hydrogens is 210 g/mol. The smallest absolute Gasteiger partial charge is 0.112 e. The van der Waals surface area contributed by atoms with Gasteiger partial charge in [0, 0.05) is 19.0 Å². The van der Waals surface area contributed by atoms with Gasteiger partial charge in [-0.3, -0.25) is 0 Å². The summed E-state index contributed by atoms with van der Waals surface area (Å²) in [6.45, 7) is 3.79. The van der Waals surface area contributed by atoms with Crippen molar-refractivity contribution in [1.82, 2.24) is 9.55 Å². The first-order chi connectivity index (χ1) is 8.33. The molecule has 1 aliphatic rings. The highest BCUT2D eigenvalue weighted by Crippen LogP contribution is 2.37. The molecule has 3 nitrogen and oxygen atoms in total. The van der Waals surface area contributed by atoms with Crippen LogP contribution in [0.3, 0.4) is 0 Å². The van der Waals surface area contributed by atoms with E-state index in [1.165, 1.54) is 36.2 Å². The third-order valence-corrected chi connectivity index (χ3v) is 3.86. The van der Waals surface area contributed by atoms with Gasteiger partial charge in [0.2, 0.25) is 0 Å². The minimum atomic E-state index is 0.591. The van der Waals surface area contributed by atoms with Crippen molar-refractivity contribution in [2.45, 2.75) is 45.2 Å². The van der Waals surface area contributed by atoms with Gasteiger partial charge in [0.15, 0.2) is 0 Å². The van der Waals surface area contributed by atoms with Gasteiger partial charge in [-0.25, -0.2) is 4.98 Å². The number of hydrogen-bond donors (Lipinski definition) is 1. The first-order valence-corrected chi connectivity index (χ1v) is 6.52. The lowest BCUT2D eigenvalue weighted by atomic mass is 9.85. The van der Waals surface area contributed by atoms with E-state index in [0.717, 1.165) is 12.1 Å². The fourth-order valence-electron chi connectivity index (χ4n) is 2.63. The molecule has 0 saturated heterocycles. The van der Waals surface area contributed by atoms with Crippen molar-refractivity contribution in [3.63, 3.8) is 0 Å². The Morgan fingerprint density at radius 2 is 2.24 bits per heavy atom. The van der Waals surface area contributed by atoms with Gasteiger partial charge >= 0.3 is 0 Å². The number of aryl methyl sites for hydroxylation is 1. The molecule has 0 atom stereocenters. The Morgan fingerprint density at radius 1 is 1.41 bits per heavy atom. The van der Waals surface area contributed by atoms with Crippen LogP contribution in [0, 0.1) is 0 Å². The van der Waals surface area contributed by atoms with Crippen LogP contribution in [0.4, 0.5) is 0 Å². The summed E-state index contributed by atoms with van der Waals surface area (Å²) in [6, 6.07) is 6.40. The number of imidazole rings is 1. The molecule has 90 valence electrons. The number of nitrogens with zero attached hydrogens (tertiary/aromatic N) is 2. The van der Waals surface area contributed by atoms with Crippen molar-refractivity contribution in [3.8, 4) is 0 Å². The lowest BCUT2D eigenvalue weighted by Gasteiger charge is -2.25. The van der Waals surface area contributed by atoms with Crippen molar-refractivity contribution in [2.24, 2.45) is 5.73 Å². The molecule has 2 N–H and O–H groups in total. The number of hydrogen-bond acceptors (Lipinski definition) is 2. The average Bonchev–Trinajstić information content (AvgIpc) is 2.63. The van der Waals surface area contributed by atoms with Gasteiger partial charge in [-0.15, -0.1) is 0 Å². The topological polar surface area (TPSA) is 43.8 Å². The normalized spacial score (nSPS) is 16.4. The monoisotopic (exact) mass is 229 g/mol. The molecule has 1 aromatic heterocycles. The molecule has 2 aromatic rings. The lowest BCUT2D eigenvalue weighted by Crippen LogP contribution is -2.14. The van der Waals surface area contributed by atoms with Crippen molar-refractivity contribution in [1.29, 1.82) is 0 Å². The summed E-state index contributed by atoms with van der Waals surface area (Å²) in [5, 5.41) is 0. The summed E-state index contributed by atoms with van der Waals surface area (Å²) in [6.07, 6.45) is 3.95. The number of rotatable bonds is 3. The Labute approximate surface area is 102 Å². The van der Waals surface area contributed by atoms with Crippen molar-refractivity contribution < 1.29 is 0 Å². The summed E-state index contributed by atoms with van der Waals surface area (Å²) < 4.78 is 2.36. The van der Waals surface area contributed by atoms with Crippen LogP contribution in [0.25, 0.3) is 11.0 Å². The van der Waals surface area contributed by atoms with Gasteiger partial charge in [-0.2, -0.15) is 0 Å². The summed E-state index contributed by atoms with van der Waals surface area (Å²) >= 11 is 0. The zero-order valence-electron chi connectivity index (χ0n) is 10.3. The fourth-order valence-corrected chi connectivity index (χ4v) is 2.63. The van der Waals surface area contributed by atoms with Crippen LogP contribution in [-0.4, -0.2) is 9.55 Å². The highest BCUT2D eigenvalue weighted by Gasteiger charge is 2.25. The molecule has 0 unspecified atom stereocenters. The zero-order valence-corrected chi connectivity index (χ0v) is 10.3. The maximum Gasteiger partial charge on any atom is 0.112 e. The molecule has 0 amide bonds. The maximum atomic E-state index is 5.68. The van der Waals surface area contributed by atoms with Crippen molar-refractivity contribution in [2.75, 3.05) is 0 Å². The van der Waals surface area contributed by atoms with E-state index >= 15 is 0 Å². The molecule has 1 saturated carbocycles. The van der Waals surface area contributed by atoms with E-state index in [9.17, 15) is 0 Å². The Morgan fingerprint density at radius 3 is 2.82 bits per heavy atom. The first-order valence-electron chi connectivity index (χ1n) is 6.52. The van der Waals surface area contributed by atoms with Crippen LogP contribution in [0.2, 0.25) is 0 Å². The largest absolute Gasteiger partial charge is 0.328 e. The Balaban J connectivity index is 2.15. The minimum absolute atomic E-state index is 0.591. The zero-order chi connectivity index (χ0) is 11.8. The third-order valence-electron chi connectivity index (χ3n) is 3.86. The summed E-state index contributed by atoms with van der Waals surface area (Å²) in [5.74, 6) is 1.96. The third kappa shape index (κ3) is 1.65. The molecule has 1 heterocycles. The van der Waals surface area contributed by atoms with Crippen LogP contribution in [0.1, 0.15) is 43.5 Å². The van der Waals surface area contributed by atoms with Crippen molar-refractivity contribution >= 4 is 11.0 Å². The number of fused-ring (bicyclic) bond motifs is 1. The Bertz CT molecular complexity index is 538. The van der Waals surface area contributed by atoms with Crippen LogP contribution >= 0.6 is 0 Å². The van der Waals surface area contributed by atoms with Gasteiger partial charge in [0.25, 0.3) is 0 Å². The predicted octanol–water partition coefficient (Wildman–Crippen LogP) is 2.78. The minimum Gasteiger partial charge on any atom is -0.328 e. The molecule has 17 heavy (non-hydrogen) atoms. The van der Waals surface area contributed by atoms with E-state index in [1.807, 2.05) is 0 Å². The Hall–Kier alpha value is -1.35. The molecule has 1 fully saturated rings. The Kier molecular flexibility index (Phi) is 2.63. The van der Waals surface area contributed by atoms with Gasteiger partial charge in [-0.1, -0.05) is 12.5 Å². The summed E-state index contributed by atoms with van der Waals surface area (Å²) in [7, 11) is 0. The van der Waals surface area contributed by atoms with E-state index in [4.69, 9.17) is 10.7 Å². The second kappa shape index (κ2) is 4.15. The standard InChI is InChI=1S/C14H19N3/c1-2-17-13-7-6-10(9-15)8-12(13)16-14(17)11-4-3-5-11/h6-8,11H,2-5,9,15H2,1H3. The number of benzene rings is 1. The number of nitrogens with two attached hydrogens (primary N) is 1. The number of aromatic nitrogens is 2. The SMILES string of the molecule is CCn1c(C2CCC2)nc2cc(CN)ccc21. The lowest BCUT2D eigenvalue weighted by molar-refractivity contribution is 0.390.